The Kier molecular flexibility index (Phi) is 3.39. The molecule has 0 saturated carbocycles. The van der Waals surface area contributed by atoms with Crippen LogP contribution in [0.4, 0.5) is 0 Å². The maximum Gasteiger partial charge on any atom is 0.514 e. The van der Waals surface area contributed by atoms with Crippen molar-refractivity contribution < 1.29 is 14.0 Å². The third-order valence-electron chi connectivity index (χ3n) is 4.62. The Labute approximate surface area is 121 Å². The summed E-state index contributed by atoms with van der Waals surface area (Å²) in [5, 5.41) is 0. The topological polar surface area (TPSA) is 40.6 Å². The molecule has 0 amide bonds. The van der Waals surface area contributed by atoms with Crippen LogP contribution < -0.4 is 5.59 Å². The molecule has 2 fully saturated rings. The first kappa shape index (κ1) is 14.0. The molecule has 20 heavy (non-hydrogen) atoms. The molecule has 3 heterocycles. The number of rotatable bonds is 2. The van der Waals surface area contributed by atoms with Crippen molar-refractivity contribution in [3.63, 3.8) is 0 Å². The maximum atomic E-state index is 6.11. The van der Waals surface area contributed by atoms with Crippen molar-refractivity contribution in [3.05, 3.63) is 23.9 Å². The first-order valence-electron chi connectivity index (χ1n) is 7.33. The van der Waals surface area contributed by atoms with E-state index in [0.29, 0.717) is 0 Å². The van der Waals surface area contributed by atoms with Gasteiger partial charge in [0.2, 0.25) is 0 Å². The molecule has 0 N–H and O–H groups in total. The van der Waals surface area contributed by atoms with Crippen molar-refractivity contribution in [3.8, 4) is 0 Å². The molecule has 2 aliphatic heterocycles. The molecule has 1 unspecified atom stereocenters. The minimum Gasteiger partial charge on any atom is -0.398 e. The van der Waals surface area contributed by atoms with Crippen molar-refractivity contribution >= 4 is 12.7 Å². The molecule has 4 nitrogen and oxygen atoms in total. The van der Waals surface area contributed by atoms with Gasteiger partial charge in [-0.25, -0.2) is 0 Å². The van der Waals surface area contributed by atoms with Gasteiger partial charge in [0, 0.05) is 12.8 Å². The van der Waals surface area contributed by atoms with Gasteiger partial charge in [0.1, 0.15) is 0 Å². The van der Waals surface area contributed by atoms with E-state index in [4.69, 9.17) is 14.0 Å². The second-order valence-electron chi connectivity index (χ2n) is 6.57. The van der Waals surface area contributed by atoms with E-state index in [-0.39, 0.29) is 17.3 Å². The van der Waals surface area contributed by atoms with Gasteiger partial charge in [0.05, 0.1) is 22.9 Å². The predicted octanol–water partition coefficient (Wildman–Crippen LogP) is 2.23. The number of aromatic nitrogens is 1. The molecule has 5 heteroatoms. The van der Waals surface area contributed by atoms with Gasteiger partial charge in [0.15, 0.2) is 0 Å². The normalized spacial score (nSPS) is 28.0. The fraction of sp³-hybridized carbons (Fsp3) is 0.667. The zero-order chi connectivity index (χ0) is 14.4. The van der Waals surface area contributed by atoms with Crippen molar-refractivity contribution in [2.45, 2.75) is 57.8 Å². The van der Waals surface area contributed by atoms with Crippen LogP contribution in [0.5, 0.6) is 0 Å². The second kappa shape index (κ2) is 4.83. The quantitative estimate of drug-likeness (QED) is 0.776. The molecule has 0 bridgehead atoms. The molecule has 0 aliphatic carbocycles. The molecule has 2 saturated heterocycles. The van der Waals surface area contributed by atoms with E-state index in [1.807, 2.05) is 6.07 Å². The summed E-state index contributed by atoms with van der Waals surface area (Å²) >= 11 is 0. The van der Waals surface area contributed by atoms with E-state index in [1.165, 1.54) is 0 Å². The highest BCUT2D eigenvalue weighted by molar-refractivity contribution is 6.61. The summed E-state index contributed by atoms with van der Waals surface area (Å²) in [5.74, 6) is 0. The smallest absolute Gasteiger partial charge is 0.398 e. The zero-order valence-corrected chi connectivity index (χ0v) is 12.7. The lowest BCUT2D eigenvalue weighted by atomic mass is 9.79. The lowest BCUT2D eigenvalue weighted by molar-refractivity contribution is 0.00578. The van der Waals surface area contributed by atoms with Gasteiger partial charge < -0.3 is 14.0 Å². The lowest BCUT2D eigenvalue weighted by Gasteiger charge is -2.32. The Hall–Kier alpha value is -0.905. The number of pyridine rings is 1. The van der Waals surface area contributed by atoms with Gasteiger partial charge >= 0.3 is 7.12 Å². The third kappa shape index (κ3) is 2.28. The van der Waals surface area contributed by atoms with E-state index in [9.17, 15) is 0 Å². The Balaban J connectivity index is 1.92. The number of ether oxygens (including phenoxy) is 1. The molecule has 0 spiro atoms. The first-order chi connectivity index (χ1) is 9.41. The molecular weight excluding hydrogens is 253 g/mol. The van der Waals surface area contributed by atoms with Crippen molar-refractivity contribution in [2.24, 2.45) is 0 Å². The Morgan fingerprint density at radius 2 is 1.90 bits per heavy atom. The standard InChI is InChI=1S/C15H22BNO3/c1-14(2)15(3,4)20-16(19-14)13-11(7-5-9-17-13)12-8-6-10-18-12/h5,7,9,12H,6,8,10H2,1-4H3. The van der Waals surface area contributed by atoms with Crippen molar-refractivity contribution in [2.75, 3.05) is 6.61 Å². The van der Waals surface area contributed by atoms with Crippen LogP contribution in [-0.4, -0.2) is 29.9 Å². The highest BCUT2D eigenvalue weighted by Gasteiger charge is 2.53. The first-order valence-corrected chi connectivity index (χ1v) is 7.33. The summed E-state index contributed by atoms with van der Waals surface area (Å²) < 4.78 is 18.0. The SMILES string of the molecule is CC1(C)OB(c2ncccc2C2CCCO2)OC1(C)C. The van der Waals surface area contributed by atoms with Gasteiger partial charge in [-0.2, -0.15) is 0 Å². The van der Waals surface area contributed by atoms with E-state index in [2.05, 4.69) is 38.7 Å². The number of hydrogen-bond acceptors (Lipinski definition) is 4. The van der Waals surface area contributed by atoms with Crippen LogP contribution in [0.15, 0.2) is 18.3 Å². The summed E-state index contributed by atoms with van der Waals surface area (Å²) in [5.41, 5.74) is 1.27. The van der Waals surface area contributed by atoms with E-state index in [0.717, 1.165) is 30.6 Å². The van der Waals surface area contributed by atoms with Crippen LogP contribution in [0.3, 0.4) is 0 Å². The van der Waals surface area contributed by atoms with Gasteiger partial charge in [0.25, 0.3) is 0 Å². The van der Waals surface area contributed by atoms with E-state index >= 15 is 0 Å². The van der Waals surface area contributed by atoms with Crippen LogP contribution in [0.1, 0.15) is 52.2 Å². The van der Waals surface area contributed by atoms with Crippen LogP contribution in [0.25, 0.3) is 0 Å². The average molecular weight is 275 g/mol. The molecule has 1 aromatic heterocycles. The highest BCUT2D eigenvalue weighted by Crippen LogP contribution is 2.37. The molecule has 0 radical (unpaired) electrons. The molecule has 108 valence electrons. The summed E-state index contributed by atoms with van der Waals surface area (Å²) in [6.07, 6.45) is 4.05. The third-order valence-corrected chi connectivity index (χ3v) is 4.62. The summed E-state index contributed by atoms with van der Waals surface area (Å²) in [4.78, 5) is 4.51. The van der Waals surface area contributed by atoms with Crippen LogP contribution >= 0.6 is 0 Å². The molecular formula is C15H22BNO3. The lowest BCUT2D eigenvalue weighted by Crippen LogP contribution is -2.41. The molecule has 1 atom stereocenters. The van der Waals surface area contributed by atoms with Crippen molar-refractivity contribution in [1.29, 1.82) is 0 Å². The highest BCUT2D eigenvalue weighted by atomic mass is 16.7. The minimum atomic E-state index is -0.416. The monoisotopic (exact) mass is 275 g/mol. The van der Waals surface area contributed by atoms with Gasteiger partial charge in [-0.15, -0.1) is 0 Å². The largest absolute Gasteiger partial charge is 0.514 e. The van der Waals surface area contributed by atoms with E-state index < -0.39 is 7.12 Å². The summed E-state index contributed by atoms with van der Waals surface area (Å²) in [6.45, 7) is 9.05. The van der Waals surface area contributed by atoms with Crippen LogP contribution in [0.2, 0.25) is 0 Å². The fourth-order valence-electron chi connectivity index (χ4n) is 2.68. The van der Waals surface area contributed by atoms with Gasteiger partial charge in [-0.1, -0.05) is 6.07 Å². The van der Waals surface area contributed by atoms with Crippen LogP contribution in [-0.2, 0) is 14.0 Å². The Morgan fingerprint density at radius 3 is 2.50 bits per heavy atom. The summed E-state index contributed by atoms with van der Waals surface area (Å²) in [6, 6.07) is 4.02. The Bertz CT molecular complexity index is 482. The number of hydrogen-bond donors (Lipinski definition) is 0. The van der Waals surface area contributed by atoms with Gasteiger partial charge in [-0.05, 0) is 52.2 Å². The fourth-order valence-corrected chi connectivity index (χ4v) is 2.68. The second-order valence-corrected chi connectivity index (χ2v) is 6.57. The molecule has 2 aliphatic rings. The van der Waals surface area contributed by atoms with E-state index in [1.54, 1.807) is 6.20 Å². The zero-order valence-electron chi connectivity index (χ0n) is 12.7. The Morgan fingerprint density at radius 1 is 1.20 bits per heavy atom. The van der Waals surface area contributed by atoms with Crippen molar-refractivity contribution in [1.82, 2.24) is 4.98 Å². The average Bonchev–Trinajstić information content (AvgIpc) is 2.97. The maximum absolute atomic E-state index is 6.11. The van der Waals surface area contributed by atoms with Gasteiger partial charge in [-0.3, -0.25) is 4.98 Å². The van der Waals surface area contributed by atoms with Crippen LogP contribution in [0, 0.1) is 0 Å². The minimum absolute atomic E-state index is 0.123. The molecule has 1 aromatic rings. The molecule has 3 rings (SSSR count). The number of nitrogens with zero attached hydrogens (tertiary/aromatic N) is 1. The molecule has 0 aromatic carbocycles. The summed E-state index contributed by atoms with van der Waals surface area (Å²) in [7, 11) is -0.416. The predicted molar refractivity (Wildman–Crippen MR) is 77.9 cm³/mol.